The second kappa shape index (κ2) is 8.08. The van der Waals surface area contributed by atoms with Gasteiger partial charge in [0.15, 0.2) is 0 Å². The van der Waals surface area contributed by atoms with E-state index in [1.807, 2.05) is 23.1 Å². The van der Waals surface area contributed by atoms with Crippen LogP contribution in [-0.4, -0.2) is 64.5 Å². The number of thiazole rings is 1. The lowest BCUT2D eigenvalue weighted by Crippen LogP contribution is -2.50. The van der Waals surface area contributed by atoms with Gasteiger partial charge in [0.05, 0.1) is 23.2 Å². The summed E-state index contributed by atoms with van der Waals surface area (Å²) in [5.74, 6) is -0.776. The van der Waals surface area contributed by atoms with Gasteiger partial charge in [0.1, 0.15) is 5.01 Å². The number of rotatable bonds is 5. The van der Waals surface area contributed by atoms with Crippen LogP contribution < -0.4 is 0 Å². The molecule has 0 aliphatic carbocycles. The Balaban J connectivity index is 1.42. The minimum absolute atomic E-state index is 0.0314. The molecule has 6 nitrogen and oxygen atoms in total. The average Bonchev–Trinajstić information content (AvgIpc) is 3.10. The van der Waals surface area contributed by atoms with E-state index >= 15 is 0 Å². The lowest BCUT2D eigenvalue weighted by molar-refractivity contribution is -0.139. The molecular weight excluding hydrogens is 374 g/mol. The van der Waals surface area contributed by atoms with Crippen molar-refractivity contribution in [2.24, 2.45) is 0 Å². The van der Waals surface area contributed by atoms with E-state index in [1.54, 1.807) is 16.2 Å². The van der Waals surface area contributed by atoms with Crippen LogP contribution in [0, 0.1) is 0 Å². The van der Waals surface area contributed by atoms with Crippen molar-refractivity contribution in [3.05, 3.63) is 53.5 Å². The van der Waals surface area contributed by atoms with Gasteiger partial charge in [-0.3, -0.25) is 14.5 Å². The van der Waals surface area contributed by atoms with Crippen molar-refractivity contribution >= 4 is 33.4 Å². The standard InChI is InChI=1S/C21H21N3O3S/c25-20(24-10-8-23(9-11-24)14-21(26)27)13-19-22-17-12-16(6-7-18(17)28-19)15-4-2-1-3-5-15/h1-7,12H,8-11,13-14H2,(H,26,27). The zero-order valence-corrected chi connectivity index (χ0v) is 16.2. The summed E-state index contributed by atoms with van der Waals surface area (Å²) in [7, 11) is 0. The molecule has 1 aliphatic heterocycles. The molecule has 28 heavy (non-hydrogen) atoms. The third-order valence-corrected chi connectivity index (χ3v) is 5.96. The van der Waals surface area contributed by atoms with Crippen LogP contribution in [0.15, 0.2) is 48.5 Å². The molecule has 0 spiro atoms. The van der Waals surface area contributed by atoms with Crippen molar-refractivity contribution < 1.29 is 14.7 Å². The number of carbonyl (C=O) groups is 2. The second-order valence-electron chi connectivity index (χ2n) is 6.88. The Morgan fingerprint density at radius 2 is 1.75 bits per heavy atom. The van der Waals surface area contributed by atoms with Crippen LogP contribution in [0.1, 0.15) is 5.01 Å². The van der Waals surface area contributed by atoms with Crippen LogP contribution in [0.4, 0.5) is 0 Å². The molecule has 1 aliphatic rings. The van der Waals surface area contributed by atoms with E-state index in [2.05, 4.69) is 35.3 Å². The number of aliphatic carboxylic acids is 1. The number of hydrogen-bond acceptors (Lipinski definition) is 5. The highest BCUT2D eigenvalue weighted by Gasteiger charge is 2.23. The van der Waals surface area contributed by atoms with E-state index in [0.717, 1.165) is 26.4 Å². The summed E-state index contributed by atoms with van der Waals surface area (Å²) in [6.45, 7) is 2.35. The molecule has 4 rings (SSSR count). The fourth-order valence-electron chi connectivity index (χ4n) is 3.45. The molecule has 0 saturated carbocycles. The molecule has 0 bridgehead atoms. The van der Waals surface area contributed by atoms with Gasteiger partial charge in [0, 0.05) is 26.2 Å². The quantitative estimate of drug-likeness (QED) is 0.719. The molecule has 3 aromatic rings. The fourth-order valence-corrected chi connectivity index (χ4v) is 4.39. The first-order valence-electron chi connectivity index (χ1n) is 9.25. The lowest BCUT2D eigenvalue weighted by Gasteiger charge is -2.33. The molecule has 2 aromatic carbocycles. The predicted molar refractivity (Wildman–Crippen MR) is 109 cm³/mol. The molecular formula is C21H21N3O3S. The second-order valence-corrected chi connectivity index (χ2v) is 8.00. The third-order valence-electron chi connectivity index (χ3n) is 4.93. The van der Waals surface area contributed by atoms with Crippen molar-refractivity contribution in [1.29, 1.82) is 0 Å². The van der Waals surface area contributed by atoms with Crippen LogP contribution in [-0.2, 0) is 16.0 Å². The van der Waals surface area contributed by atoms with Crippen molar-refractivity contribution in [3.8, 4) is 11.1 Å². The SMILES string of the molecule is O=C(O)CN1CCN(C(=O)Cc2nc3cc(-c4ccccc4)ccc3s2)CC1. The Bertz CT molecular complexity index is 995. The maximum Gasteiger partial charge on any atom is 0.317 e. The van der Waals surface area contributed by atoms with E-state index in [0.29, 0.717) is 32.6 Å². The zero-order chi connectivity index (χ0) is 19.5. The van der Waals surface area contributed by atoms with Crippen molar-refractivity contribution in [1.82, 2.24) is 14.8 Å². The summed E-state index contributed by atoms with van der Waals surface area (Å²) in [4.78, 5) is 31.7. The molecule has 1 saturated heterocycles. The number of carbonyl (C=O) groups excluding carboxylic acids is 1. The lowest BCUT2D eigenvalue weighted by atomic mass is 10.1. The highest BCUT2D eigenvalue weighted by Crippen LogP contribution is 2.28. The smallest absolute Gasteiger partial charge is 0.317 e. The number of benzene rings is 2. The van der Waals surface area contributed by atoms with Gasteiger partial charge in [0.2, 0.25) is 5.91 Å². The van der Waals surface area contributed by atoms with Gasteiger partial charge in [-0.1, -0.05) is 36.4 Å². The maximum atomic E-state index is 12.6. The van der Waals surface area contributed by atoms with Crippen molar-refractivity contribution in [3.63, 3.8) is 0 Å². The number of nitrogens with zero attached hydrogens (tertiary/aromatic N) is 3. The topological polar surface area (TPSA) is 73.7 Å². The molecule has 0 unspecified atom stereocenters. The van der Waals surface area contributed by atoms with Gasteiger partial charge in [-0.15, -0.1) is 11.3 Å². The van der Waals surface area contributed by atoms with Crippen LogP contribution in [0.2, 0.25) is 0 Å². The van der Waals surface area contributed by atoms with Gasteiger partial charge >= 0.3 is 5.97 Å². The Kier molecular flexibility index (Phi) is 5.36. The highest BCUT2D eigenvalue weighted by molar-refractivity contribution is 7.18. The Hall–Kier alpha value is -2.77. The zero-order valence-electron chi connectivity index (χ0n) is 15.4. The van der Waals surface area contributed by atoms with E-state index in [4.69, 9.17) is 5.11 Å². The minimum Gasteiger partial charge on any atom is -0.480 e. The first kappa shape index (κ1) is 18.6. The number of aromatic nitrogens is 1. The van der Waals surface area contributed by atoms with E-state index in [9.17, 15) is 9.59 Å². The van der Waals surface area contributed by atoms with E-state index in [-0.39, 0.29) is 12.5 Å². The summed E-state index contributed by atoms with van der Waals surface area (Å²) < 4.78 is 1.08. The summed E-state index contributed by atoms with van der Waals surface area (Å²) in [5.41, 5.74) is 3.18. The Morgan fingerprint density at radius 3 is 2.46 bits per heavy atom. The molecule has 1 N–H and O–H groups in total. The van der Waals surface area contributed by atoms with Crippen LogP contribution in [0.5, 0.6) is 0 Å². The fraction of sp³-hybridized carbons (Fsp3) is 0.286. The third kappa shape index (κ3) is 4.21. The number of amides is 1. The molecule has 1 amide bonds. The highest BCUT2D eigenvalue weighted by atomic mass is 32.1. The molecule has 7 heteroatoms. The number of fused-ring (bicyclic) bond motifs is 1. The van der Waals surface area contributed by atoms with Crippen molar-refractivity contribution in [2.45, 2.75) is 6.42 Å². The number of carboxylic acids is 1. The summed E-state index contributed by atoms with van der Waals surface area (Å²) in [5, 5.41) is 9.69. The van der Waals surface area contributed by atoms with Crippen molar-refractivity contribution in [2.75, 3.05) is 32.7 Å². The average molecular weight is 395 g/mol. The molecule has 0 atom stereocenters. The molecule has 0 radical (unpaired) electrons. The normalized spacial score (nSPS) is 15.1. The Morgan fingerprint density at radius 1 is 1.00 bits per heavy atom. The number of piperazine rings is 1. The van der Waals surface area contributed by atoms with Crippen LogP contribution in [0.25, 0.3) is 21.3 Å². The van der Waals surface area contributed by atoms with Crippen LogP contribution >= 0.6 is 11.3 Å². The molecule has 1 aromatic heterocycles. The summed E-state index contributed by atoms with van der Waals surface area (Å²) in [6, 6.07) is 16.4. The van der Waals surface area contributed by atoms with Gasteiger partial charge in [-0.2, -0.15) is 0 Å². The molecule has 144 valence electrons. The summed E-state index contributed by atoms with van der Waals surface area (Å²) in [6.07, 6.45) is 0.291. The summed E-state index contributed by atoms with van der Waals surface area (Å²) >= 11 is 1.56. The van der Waals surface area contributed by atoms with Gasteiger partial charge in [0.25, 0.3) is 0 Å². The first-order chi connectivity index (χ1) is 13.6. The first-order valence-corrected chi connectivity index (χ1v) is 10.1. The molecule has 2 heterocycles. The number of carboxylic acid groups (broad SMARTS) is 1. The number of hydrogen-bond donors (Lipinski definition) is 1. The Labute approximate surface area is 167 Å². The monoisotopic (exact) mass is 395 g/mol. The minimum atomic E-state index is -0.830. The van der Waals surface area contributed by atoms with E-state index in [1.165, 1.54) is 0 Å². The van der Waals surface area contributed by atoms with E-state index < -0.39 is 5.97 Å². The predicted octanol–water partition coefficient (Wildman–Crippen LogP) is 2.73. The van der Waals surface area contributed by atoms with Crippen LogP contribution in [0.3, 0.4) is 0 Å². The van der Waals surface area contributed by atoms with Gasteiger partial charge in [-0.05, 0) is 23.3 Å². The maximum absolute atomic E-state index is 12.6. The molecule has 1 fully saturated rings. The largest absolute Gasteiger partial charge is 0.480 e. The van der Waals surface area contributed by atoms with Gasteiger partial charge in [-0.25, -0.2) is 4.98 Å². The van der Waals surface area contributed by atoms with Gasteiger partial charge < -0.3 is 10.0 Å².